The molecule has 0 aliphatic carbocycles. The van der Waals surface area contributed by atoms with Gasteiger partial charge in [0.2, 0.25) is 0 Å². The van der Waals surface area contributed by atoms with E-state index >= 15 is 0 Å². The maximum atomic E-state index is 5.95. The second-order valence-electron chi connectivity index (χ2n) is 7.20. The summed E-state index contributed by atoms with van der Waals surface area (Å²) in [6.45, 7) is 6.83. The normalized spacial score (nSPS) is 10.8. The van der Waals surface area contributed by atoms with Crippen molar-refractivity contribution in [1.82, 2.24) is 5.32 Å². The number of nitrogens with one attached hydrogen (secondary N) is 1. The molecule has 2 aromatic carbocycles. The smallest absolute Gasteiger partial charge is 0.161 e. The van der Waals surface area contributed by atoms with Gasteiger partial charge in [-0.1, -0.05) is 74.9 Å². The van der Waals surface area contributed by atoms with Crippen LogP contribution in [0.1, 0.15) is 62.1 Å². The monoisotopic (exact) mass is 369 g/mol. The molecule has 3 heteroatoms. The van der Waals surface area contributed by atoms with Crippen LogP contribution in [0, 0.1) is 6.92 Å². The molecular weight excluding hydrogens is 334 g/mol. The summed E-state index contributed by atoms with van der Waals surface area (Å²) in [6.07, 6.45) is 7.98. The zero-order valence-corrected chi connectivity index (χ0v) is 17.2. The summed E-state index contributed by atoms with van der Waals surface area (Å²) in [7, 11) is 1.70. The standard InChI is InChI=1S/C24H35NO2/c1-4-5-6-7-8-9-16-25-18-22-14-15-23(24(17-22)26-3)27-19-21-12-10-20(2)11-13-21/h10-15,17,25H,4-9,16,18-19H2,1-3H3. The second kappa shape index (κ2) is 12.4. The maximum absolute atomic E-state index is 5.95. The Morgan fingerprint density at radius 3 is 2.26 bits per heavy atom. The molecule has 0 spiro atoms. The van der Waals surface area contributed by atoms with Gasteiger partial charge in [0.25, 0.3) is 0 Å². The number of aryl methyl sites for hydroxylation is 1. The summed E-state index contributed by atoms with van der Waals surface area (Å²) in [5.41, 5.74) is 3.64. The van der Waals surface area contributed by atoms with Gasteiger partial charge in [0, 0.05) is 6.54 Å². The van der Waals surface area contributed by atoms with Crippen molar-refractivity contribution < 1.29 is 9.47 Å². The molecule has 148 valence electrons. The molecule has 0 unspecified atom stereocenters. The molecule has 0 atom stereocenters. The Morgan fingerprint density at radius 1 is 0.815 bits per heavy atom. The quantitative estimate of drug-likeness (QED) is 0.437. The fourth-order valence-corrected chi connectivity index (χ4v) is 3.05. The van der Waals surface area contributed by atoms with E-state index in [1.807, 2.05) is 6.07 Å². The van der Waals surface area contributed by atoms with Gasteiger partial charge in [0.15, 0.2) is 11.5 Å². The fraction of sp³-hybridized carbons (Fsp3) is 0.500. The van der Waals surface area contributed by atoms with Crippen molar-refractivity contribution in [1.29, 1.82) is 0 Å². The molecule has 0 fully saturated rings. The SMILES string of the molecule is CCCCCCCCNCc1ccc(OCc2ccc(C)cc2)c(OC)c1. The highest BCUT2D eigenvalue weighted by molar-refractivity contribution is 5.43. The molecule has 0 bridgehead atoms. The number of methoxy groups -OCH3 is 1. The third-order valence-corrected chi connectivity index (χ3v) is 4.78. The topological polar surface area (TPSA) is 30.5 Å². The van der Waals surface area contributed by atoms with Gasteiger partial charge >= 0.3 is 0 Å². The van der Waals surface area contributed by atoms with Crippen molar-refractivity contribution in [3.05, 3.63) is 59.2 Å². The summed E-state index contributed by atoms with van der Waals surface area (Å²) >= 11 is 0. The van der Waals surface area contributed by atoms with E-state index in [4.69, 9.17) is 9.47 Å². The van der Waals surface area contributed by atoms with Gasteiger partial charge in [0.1, 0.15) is 6.61 Å². The van der Waals surface area contributed by atoms with Gasteiger partial charge in [-0.2, -0.15) is 0 Å². The van der Waals surface area contributed by atoms with Gasteiger partial charge in [-0.05, 0) is 43.1 Å². The Bertz CT molecular complexity index is 652. The lowest BCUT2D eigenvalue weighted by Crippen LogP contribution is -2.14. The molecular formula is C24H35NO2. The fourth-order valence-electron chi connectivity index (χ4n) is 3.05. The van der Waals surface area contributed by atoms with E-state index in [9.17, 15) is 0 Å². The molecule has 0 radical (unpaired) electrons. The van der Waals surface area contributed by atoms with Crippen LogP contribution in [-0.2, 0) is 13.2 Å². The van der Waals surface area contributed by atoms with Crippen molar-refractivity contribution in [2.45, 2.75) is 65.5 Å². The van der Waals surface area contributed by atoms with Crippen LogP contribution in [0.5, 0.6) is 11.5 Å². The summed E-state index contributed by atoms with van der Waals surface area (Å²) in [4.78, 5) is 0. The first-order chi connectivity index (χ1) is 13.2. The predicted octanol–water partition coefficient (Wildman–Crippen LogP) is 6.03. The molecule has 0 saturated heterocycles. The molecule has 2 aromatic rings. The highest BCUT2D eigenvalue weighted by atomic mass is 16.5. The van der Waals surface area contributed by atoms with Crippen LogP contribution in [0.15, 0.2) is 42.5 Å². The zero-order chi connectivity index (χ0) is 19.3. The van der Waals surface area contributed by atoms with E-state index in [2.05, 4.69) is 55.6 Å². The molecule has 2 rings (SSSR count). The zero-order valence-electron chi connectivity index (χ0n) is 17.2. The molecule has 0 aliphatic rings. The van der Waals surface area contributed by atoms with Crippen LogP contribution in [0.25, 0.3) is 0 Å². The lowest BCUT2D eigenvalue weighted by molar-refractivity contribution is 0.284. The molecule has 1 N–H and O–H groups in total. The summed E-state index contributed by atoms with van der Waals surface area (Å²) in [5, 5.41) is 3.53. The average molecular weight is 370 g/mol. The summed E-state index contributed by atoms with van der Waals surface area (Å²) < 4.78 is 11.5. The molecule has 0 aliphatic heterocycles. The van der Waals surface area contributed by atoms with Crippen molar-refractivity contribution in [3.63, 3.8) is 0 Å². The molecule has 0 amide bonds. The minimum Gasteiger partial charge on any atom is -0.493 e. The first-order valence-electron chi connectivity index (χ1n) is 10.3. The van der Waals surface area contributed by atoms with Crippen molar-refractivity contribution in [2.24, 2.45) is 0 Å². The Balaban J connectivity index is 1.75. The maximum Gasteiger partial charge on any atom is 0.161 e. The summed E-state index contributed by atoms with van der Waals surface area (Å²) in [6, 6.07) is 14.6. The Kier molecular flexibility index (Phi) is 9.78. The third kappa shape index (κ3) is 8.04. The van der Waals surface area contributed by atoms with E-state index in [1.165, 1.54) is 49.7 Å². The molecule has 27 heavy (non-hydrogen) atoms. The minimum absolute atomic E-state index is 0.548. The molecule has 0 saturated carbocycles. The van der Waals surface area contributed by atoms with Gasteiger partial charge in [-0.15, -0.1) is 0 Å². The number of hydrogen-bond acceptors (Lipinski definition) is 3. The van der Waals surface area contributed by atoms with E-state index < -0.39 is 0 Å². The second-order valence-corrected chi connectivity index (χ2v) is 7.20. The van der Waals surface area contributed by atoms with Crippen LogP contribution < -0.4 is 14.8 Å². The van der Waals surface area contributed by atoms with E-state index in [1.54, 1.807) is 7.11 Å². The number of ether oxygens (including phenoxy) is 2. The Labute approximate surface area is 165 Å². The van der Waals surface area contributed by atoms with Crippen LogP contribution in [0.3, 0.4) is 0 Å². The summed E-state index contributed by atoms with van der Waals surface area (Å²) in [5.74, 6) is 1.58. The van der Waals surface area contributed by atoms with E-state index in [0.29, 0.717) is 6.61 Å². The van der Waals surface area contributed by atoms with Crippen LogP contribution in [-0.4, -0.2) is 13.7 Å². The molecule has 0 heterocycles. The van der Waals surface area contributed by atoms with Crippen molar-refractivity contribution >= 4 is 0 Å². The highest BCUT2D eigenvalue weighted by Crippen LogP contribution is 2.29. The van der Waals surface area contributed by atoms with Crippen LogP contribution >= 0.6 is 0 Å². The Hall–Kier alpha value is -2.00. The van der Waals surface area contributed by atoms with E-state index in [0.717, 1.165) is 30.2 Å². The van der Waals surface area contributed by atoms with Crippen molar-refractivity contribution in [2.75, 3.05) is 13.7 Å². The Morgan fingerprint density at radius 2 is 1.52 bits per heavy atom. The average Bonchev–Trinajstić information content (AvgIpc) is 2.70. The van der Waals surface area contributed by atoms with Gasteiger partial charge in [-0.25, -0.2) is 0 Å². The van der Waals surface area contributed by atoms with Crippen molar-refractivity contribution in [3.8, 4) is 11.5 Å². The first-order valence-corrected chi connectivity index (χ1v) is 10.3. The number of benzene rings is 2. The van der Waals surface area contributed by atoms with Crippen LogP contribution in [0.4, 0.5) is 0 Å². The lowest BCUT2D eigenvalue weighted by Gasteiger charge is -2.13. The highest BCUT2D eigenvalue weighted by Gasteiger charge is 2.06. The van der Waals surface area contributed by atoms with Gasteiger partial charge in [-0.3, -0.25) is 0 Å². The molecule has 0 aromatic heterocycles. The predicted molar refractivity (Wildman–Crippen MR) is 114 cm³/mol. The minimum atomic E-state index is 0.548. The van der Waals surface area contributed by atoms with E-state index in [-0.39, 0.29) is 0 Å². The largest absolute Gasteiger partial charge is 0.493 e. The number of hydrogen-bond donors (Lipinski definition) is 1. The first kappa shape index (κ1) is 21.3. The lowest BCUT2D eigenvalue weighted by atomic mass is 10.1. The molecule has 3 nitrogen and oxygen atoms in total. The van der Waals surface area contributed by atoms with Crippen LogP contribution in [0.2, 0.25) is 0 Å². The third-order valence-electron chi connectivity index (χ3n) is 4.78. The number of unbranched alkanes of at least 4 members (excludes halogenated alkanes) is 5. The number of rotatable bonds is 13. The van der Waals surface area contributed by atoms with Gasteiger partial charge in [0.05, 0.1) is 7.11 Å². The van der Waals surface area contributed by atoms with Gasteiger partial charge < -0.3 is 14.8 Å².